The van der Waals surface area contributed by atoms with Gasteiger partial charge in [0.05, 0.1) is 0 Å². The molecule has 0 bridgehead atoms. The molecule has 0 unspecified atom stereocenters. The average Bonchev–Trinajstić information content (AvgIpc) is 2.69. The summed E-state index contributed by atoms with van der Waals surface area (Å²) in [5.41, 5.74) is 1.67. The van der Waals surface area contributed by atoms with E-state index < -0.39 is 0 Å². The van der Waals surface area contributed by atoms with Crippen molar-refractivity contribution in [1.82, 2.24) is 4.57 Å². The van der Waals surface area contributed by atoms with Crippen LogP contribution >= 0.6 is 0 Å². The number of hydrogen-bond acceptors (Lipinski definition) is 0. The molecule has 1 heterocycles. The summed E-state index contributed by atoms with van der Waals surface area (Å²) in [6.07, 6.45) is 13.4. The molecule has 13 heavy (non-hydrogen) atoms. The number of hydrogen-bond donors (Lipinski definition) is 0. The smallest absolute Gasteiger partial charge is 0.0256 e. The molecule has 2 rings (SSSR count). The third kappa shape index (κ3) is 2.48. The Morgan fingerprint density at radius 1 is 1.15 bits per heavy atom. The summed E-state index contributed by atoms with van der Waals surface area (Å²) < 4.78 is 2.26. The van der Waals surface area contributed by atoms with Gasteiger partial charge in [-0.15, -0.1) is 0 Å². The molecule has 0 N–H and O–H groups in total. The van der Waals surface area contributed by atoms with E-state index in [1.165, 1.54) is 32.1 Å². The second-order valence-corrected chi connectivity index (χ2v) is 3.78. The monoisotopic (exact) mass is 175 g/mol. The fourth-order valence-corrected chi connectivity index (χ4v) is 1.92. The average molecular weight is 175 g/mol. The Hall–Kier alpha value is -0.980. The molecule has 70 valence electrons. The van der Waals surface area contributed by atoms with E-state index in [0.29, 0.717) is 0 Å². The van der Waals surface area contributed by atoms with Gasteiger partial charge in [0, 0.05) is 18.9 Å². The first-order chi connectivity index (χ1) is 6.45. The van der Waals surface area contributed by atoms with Gasteiger partial charge in [-0.2, -0.15) is 0 Å². The van der Waals surface area contributed by atoms with Crippen LogP contribution in [0.2, 0.25) is 0 Å². The normalized spacial score (nSPS) is 17.1. The van der Waals surface area contributed by atoms with Crippen LogP contribution in [-0.2, 0) is 6.54 Å². The molecule has 0 spiro atoms. The van der Waals surface area contributed by atoms with Gasteiger partial charge in [0.15, 0.2) is 0 Å². The number of aryl methyl sites for hydroxylation is 1. The molecular formula is C12H17N. The Morgan fingerprint density at radius 3 is 2.69 bits per heavy atom. The van der Waals surface area contributed by atoms with E-state index in [4.69, 9.17) is 0 Å². The molecule has 1 nitrogen and oxygen atoms in total. The van der Waals surface area contributed by atoms with Crippen molar-refractivity contribution in [3.05, 3.63) is 36.2 Å². The highest BCUT2D eigenvalue weighted by Crippen LogP contribution is 2.20. The minimum absolute atomic E-state index is 1.15. The van der Waals surface area contributed by atoms with Crippen molar-refractivity contribution in [1.29, 1.82) is 0 Å². The lowest BCUT2D eigenvalue weighted by Crippen LogP contribution is -1.98. The zero-order chi connectivity index (χ0) is 8.93. The van der Waals surface area contributed by atoms with E-state index in [2.05, 4.69) is 35.2 Å². The van der Waals surface area contributed by atoms with Crippen molar-refractivity contribution in [2.75, 3.05) is 0 Å². The molecule has 1 aliphatic carbocycles. The molecule has 1 heteroatoms. The highest BCUT2D eigenvalue weighted by atomic mass is 14.9. The molecule has 1 aromatic rings. The third-order valence-corrected chi connectivity index (χ3v) is 2.74. The van der Waals surface area contributed by atoms with Crippen molar-refractivity contribution in [2.24, 2.45) is 0 Å². The van der Waals surface area contributed by atoms with Crippen molar-refractivity contribution in [3.8, 4) is 0 Å². The maximum atomic E-state index is 2.44. The van der Waals surface area contributed by atoms with Gasteiger partial charge in [0.25, 0.3) is 0 Å². The lowest BCUT2D eigenvalue weighted by atomic mass is 9.97. The van der Waals surface area contributed by atoms with Crippen molar-refractivity contribution >= 4 is 0 Å². The summed E-state index contributed by atoms with van der Waals surface area (Å²) in [5.74, 6) is 0. The van der Waals surface area contributed by atoms with E-state index in [9.17, 15) is 0 Å². The lowest BCUT2D eigenvalue weighted by Gasteiger charge is -2.12. The van der Waals surface area contributed by atoms with Crippen molar-refractivity contribution < 1.29 is 0 Å². The Morgan fingerprint density at radius 2 is 2.00 bits per heavy atom. The minimum atomic E-state index is 1.15. The third-order valence-electron chi connectivity index (χ3n) is 2.74. The van der Waals surface area contributed by atoms with Crippen LogP contribution in [-0.4, -0.2) is 4.57 Å². The standard InChI is InChI=1S/C12H17N/c1-2-6-12(7-3-1)8-11-13-9-4-5-10-13/h4-6,9-10H,1-3,7-8,11H2. The zero-order valence-electron chi connectivity index (χ0n) is 8.08. The minimum Gasteiger partial charge on any atom is -0.354 e. The van der Waals surface area contributed by atoms with Gasteiger partial charge < -0.3 is 4.57 Å². The summed E-state index contributed by atoms with van der Waals surface area (Å²) in [4.78, 5) is 0. The predicted molar refractivity (Wildman–Crippen MR) is 55.6 cm³/mol. The molecule has 0 aliphatic heterocycles. The van der Waals surface area contributed by atoms with E-state index in [1.54, 1.807) is 5.57 Å². The highest BCUT2D eigenvalue weighted by Gasteiger charge is 2.02. The Kier molecular flexibility index (Phi) is 2.86. The van der Waals surface area contributed by atoms with E-state index in [-0.39, 0.29) is 0 Å². The summed E-state index contributed by atoms with van der Waals surface area (Å²) in [6.45, 7) is 1.15. The number of nitrogens with zero attached hydrogens (tertiary/aromatic N) is 1. The van der Waals surface area contributed by atoms with Crippen LogP contribution in [0.15, 0.2) is 36.2 Å². The fraction of sp³-hybridized carbons (Fsp3) is 0.500. The molecule has 0 radical (unpaired) electrons. The van der Waals surface area contributed by atoms with Crippen LogP contribution in [0.4, 0.5) is 0 Å². The molecule has 1 aromatic heterocycles. The van der Waals surface area contributed by atoms with Gasteiger partial charge in [-0.25, -0.2) is 0 Å². The molecule has 0 saturated heterocycles. The van der Waals surface area contributed by atoms with Gasteiger partial charge >= 0.3 is 0 Å². The van der Waals surface area contributed by atoms with Crippen LogP contribution in [0.1, 0.15) is 32.1 Å². The van der Waals surface area contributed by atoms with E-state index in [1.807, 2.05) is 0 Å². The topological polar surface area (TPSA) is 4.93 Å². The van der Waals surface area contributed by atoms with Crippen LogP contribution in [0.3, 0.4) is 0 Å². The summed E-state index contributed by atoms with van der Waals surface area (Å²) >= 11 is 0. The van der Waals surface area contributed by atoms with Crippen LogP contribution in [0, 0.1) is 0 Å². The summed E-state index contributed by atoms with van der Waals surface area (Å²) in [7, 11) is 0. The Bertz CT molecular complexity index is 269. The predicted octanol–water partition coefficient (Wildman–Crippen LogP) is 3.38. The van der Waals surface area contributed by atoms with Crippen molar-refractivity contribution in [2.45, 2.75) is 38.6 Å². The first-order valence-electron chi connectivity index (χ1n) is 5.24. The Labute approximate surface area is 80.1 Å². The SMILES string of the molecule is C1=C(CCn2cccc2)CCCC1. The number of rotatable bonds is 3. The first kappa shape index (κ1) is 8.61. The zero-order valence-corrected chi connectivity index (χ0v) is 8.08. The summed E-state index contributed by atoms with van der Waals surface area (Å²) in [5, 5.41) is 0. The van der Waals surface area contributed by atoms with Crippen LogP contribution in [0.5, 0.6) is 0 Å². The molecule has 0 atom stereocenters. The van der Waals surface area contributed by atoms with Gasteiger partial charge in [-0.1, -0.05) is 11.6 Å². The molecule has 1 aliphatic rings. The second kappa shape index (κ2) is 4.31. The van der Waals surface area contributed by atoms with Gasteiger partial charge in [-0.3, -0.25) is 0 Å². The molecule has 0 amide bonds. The molecule has 0 aromatic carbocycles. The fourth-order valence-electron chi connectivity index (χ4n) is 1.92. The van der Waals surface area contributed by atoms with E-state index >= 15 is 0 Å². The molecule has 0 saturated carbocycles. The highest BCUT2D eigenvalue weighted by molar-refractivity contribution is 5.05. The lowest BCUT2D eigenvalue weighted by molar-refractivity contribution is 0.627. The van der Waals surface area contributed by atoms with Gasteiger partial charge in [0.1, 0.15) is 0 Å². The van der Waals surface area contributed by atoms with Crippen molar-refractivity contribution in [3.63, 3.8) is 0 Å². The quantitative estimate of drug-likeness (QED) is 0.621. The second-order valence-electron chi connectivity index (χ2n) is 3.78. The molecular weight excluding hydrogens is 158 g/mol. The summed E-state index contributed by atoms with van der Waals surface area (Å²) in [6, 6.07) is 4.19. The largest absolute Gasteiger partial charge is 0.354 e. The first-order valence-corrected chi connectivity index (χ1v) is 5.24. The van der Waals surface area contributed by atoms with Crippen LogP contribution < -0.4 is 0 Å². The maximum Gasteiger partial charge on any atom is 0.0256 e. The number of aromatic nitrogens is 1. The molecule has 0 fully saturated rings. The number of allylic oxidation sites excluding steroid dienone is 2. The van der Waals surface area contributed by atoms with Gasteiger partial charge in [-0.05, 0) is 44.2 Å². The van der Waals surface area contributed by atoms with E-state index in [0.717, 1.165) is 6.54 Å². The van der Waals surface area contributed by atoms with Gasteiger partial charge in [0.2, 0.25) is 0 Å². The maximum absolute atomic E-state index is 2.44. The Balaban J connectivity index is 1.82. The van der Waals surface area contributed by atoms with Crippen LogP contribution in [0.25, 0.3) is 0 Å².